The van der Waals surface area contributed by atoms with Crippen molar-refractivity contribution >= 4 is 5.97 Å². The first-order valence-electron chi connectivity index (χ1n) is 4.20. The molecule has 0 aromatic heterocycles. The lowest BCUT2D eigenvalue weighted by Gasteiger charge is -2.05. The number of rotatable bonds is 3. The van der Waals surface area contributed by atoms with Gasteiger partial charge in [0.25, 0.3) is 0 Å². The molecule has 76 valence electrons. The Labute approximate surface area is 80.8 Å². The SMILES string of the molecule is Cc1cc(F)cc(CCC(=O)O)c1O. The van der Waals surface area contributed by atoms with Gasteiger partial charge in [-0.3, -0.25) is 4.79 Å². The molecule has 0 radical (unpaired) electrons. The van der Waals surface area contributed by atoms with Crippen LogP contribution in [0.1, 0.15) is 17.5 Å². The average molecular weight is 198 g/mol. The molecule has 0 aliphatic heterocycles. The molecule has 0 aliphatic carbocycles. The van der Waals surface area contributed by atoms with Crippen molar-refractivity contribution in [3.8, 4) is 5.75 Å². The number of aliphatic carboxylic acids is 1. The Hall–Kier alpha value is -1.58. The fraction of sp³-hybridized carbons (Fsp3) is 0.300. The zero-order valence-electron chi connectivity index (χ0n) is 7.75. The largest absolute Gasteiger partial charge is 0.507 e. The van der Waals surface area contributed by atoms with Gasteiger partial charge in [0.1, 0.15) is 11.6 Å². The van der Waals surface area contributed by atoms with Gasteiger partial charge in [0, 0.05) is 6.42 Å². The maximum absolute atomic E-state index is 12.9. The van der Waals surface area contributed by atoms with Crippen LogP contribution in [0.15, 0.2) is 12.1 Å². The van der Waals surface area contributed by atoms with Crippen LogP contribution in [0.4, 0.5) is 4.39 Å². The van der Waals surface area contributed by atoms with E-state index >= 15 is 0 Å². The van der Waals surface area contributed by atoms with Gasteiger partial charge in [0.2, 0.25) is 0 Å². The third kappa shape index (κ3) is 2.45. The van der Waals surface area contributed by atoms with Crippen molar-refractivity contribution < 1.29 is 19.4 Å². The van der Waals surface area contributed by atoms with Crippen LogP contribution in [0.3, 0.4) is 0 Å². The van der Waals surface area contributed by atoms with Crippen LogP contribution in [-0.4, -0.2) is 16.2 Å². The van der Waals surface area contributed by atoms with Gasteiger partial charge < -0.3 is 10.2 Å². The lowest BCUT2D eigenvalue weighted by atomic mass is 10.0. The van der Waals surface area contributed by atoms with Crippen LogP contribution in [0, 0.1) is 12.7 Å². The molecule has 14 heavy (non-hydrogen) atoms. The molecule has 0 aliphatic rings. The smallest absolute Gasteiger partial charge is 0.303 e. The summed E-state index contributed by atoms with van der Waals surface area (Å²) in [4.78, 5) is 10.3. The Kier molecular flexibility index (Phi) is 3.06. The van der Waals surface area contributed by atoms with E-state index in [1.54, 1.807) is 6.92 Å². The number of carbonyl (C=O) groups is 1. The summed E-state index contributed by atoms with van der Waals surface area (Å²) >= 11 is 0. The molecular formula is C10H11FO3. The number of aryl methyl sites for hydroxylation is 2. The van der Waals surface area contributed by atoms with E-state index in [4.69, 9.17) is 5.11 Å². The molecule has 0 atom stereocenters. The summed E-state index contributed by atoms with van der Waals surface area (Å²) in [5.74, 6) is -1.44. The Morgan fingerprint density at radius 3 is 2.71 bits per heavy atom. The van der Waals surface area contributed by atoms with Gasteiger partial charge in [0.15, 0.2) is 0 Å². The Morgan fingerprint density at radius 2 is 2.14 bits per heavy atom. The number of benzene rings is 1. The fourth-order valence-electron chi connectivity index (χ4n) is 1.24. The highest BCUT2D eigenvalue weighted by molar-refractivity contribution is 5.67. The summed E-state index contributed by atoms with van der Waals surface area (Å²) in [7, 11) is 0. The summed E-state index contributed by atoms with van der Waals surface area (Å²) in [6, 6.07) is 2.37. The molecule has 0 spiro atoms. The zero-order chi connectivity index (χ0) is 10.7. The minimum absolute atomic E-state index is 0.0207. The normalized spacial score (nSPS) is 10.1. The van der Waals surface area contributed by atoms with Crippen molar-refractivity contribution in [2.24, 2.45) is 0 Å². The molecule has 1 rings (SSSR count). The summed E-state index contributed by atoms with van der Waals surface area (Å²) in [5.41, 5.74) is 0.760. The quantitative estimate of drug-likeness (QED) is 0.779. The number of carboxylic acid groups (broad SMARTS) is 1. The highest BCUT2D eigenvalue weighted by atomic mass is 19.1. The van der Waals surface area contributed by atoms with E-state index in [0.29, 0.717) is 11.1 Å². The van der Waals surface area contributed by atoms with E-state index < -0.39 is 11.8 Å². The number of phenols is 1. The second-order valence-corrected chi connectivity index (χ2v) is 3.12. The van der Waals surface area contributed by atoms with Crippen LogP contribution < -0.4 is 0 Å². The second-order valence-electron chi connectivity index (χ2n) is 3.12. The van der Waals surface area contributed by atoms with Gasteiger partial charge in [-0.05, 0) is 36.6 Å². The summed E-state index contributed by atoms with van der Waals surface area (Å²) in [6.07, 6.45) is 0.0240. The predicted molar refractivity (Wildman–Crippen MR) is 48.8 cm³/mol. The molecule has 0 heterocycles. The van der Waals surface area contributed by atoms with E-state index in [0.717, 1.165) is 6.07 Å². The second kappa shape index (κ2) is 4.09. The number of hydrogen-bond acceptors (Lipinski definition) is 2. The van der Waals surface area contributed by atoms with Crippen LogP contribution in [0.25, 0.3) is 0 Å². The van der Waals surface area contributed by atoms with Gasteiger partial charge in [-0.2, -0.15) is 0 Å². The predicted octanol–water partition coefficient (Wildman–Crippen LogP) is 1.86. The molecule has 0 saturated carbocycles. The molecular weight excluding hydrogens is 187 g/mol. The van der Waals surface area contributed by atoms with Gasteiger partial charge in [-0.15, -0.1) is 0 Å². The minimum Gasteiger partial charge on any atom is -0.507 e. The first kappa shape index (κ1) is 10.5. The molecule has 2 N–H and O–H groups in total. The Bertz CT molecular complexity index is 361. The number of hydrogen-bond donors (Lipinski definition) is 2. The van der Waals surface area contributed by atoms with E-state index in [1.165, 1.54) is 6.07 Å². The van der Waals surface area contributed by atoms with Crippen LogP contribution >= 0.6 is 0 Å². The van der Waals surface area contributed by atoms with E-state index in [1.807, 2.05) is 0 Å². The van der Waals surface area contributed by atoms with Crippen LogP contribution in [0.5, 0.6) is 5.75 Å². The van der Waals surface area contributed by atoms with Gasteiger partial charge in [-0.25, -0.2) is 4.39 Å². The standard InChI is InChI=1S/C10H11FO3/c1-6-4-8(11)5-7(10(6)14)2-3-9(12)13/h4-5,14H,2-3H2,1H3,(H,12,13). The summed E-state index contributed by atoms with van der Waals surface area (Å²) < 4.78 is 12.9. The fourth-order valence-corrected chi connectivity index (χ4v) is 1.24. The zero-order valence-corrected chi connectivity index (χ0v) is 7.75. The topological polar surface area (TPSA) is 57.5 Å². The van der Waals surface area contributed by atoms with Crippen LogP contribution in [0.2, 0.25) is 0 Å². The van der Waals surface area contributed by atoms with E-state index in [9.17, 15) is 14.3 Å². The number of aromatic hydroxyl groups is 1. The van der Waals surface area contributed by atoms with E-state index in [-0.39, 0.29) is 18.6 Å². The maximum Gasteiger partial charge on any atom is 0.303 e. The van der Waals surface area contributed by atoms with Crippen molar-refractivity contribution in [1.29, 1.82) is 0 Å². The summed E-state index contributed by atoms with van der Waals surface area (Å²) in [6.45, 7) is 1.57. The maximum atomic E-state index is 12.9. The average Bonchev–Trinajstić information content (AvgIpc) is 2.08. The molecule has 4 heteroatoms. The van der Waals surface area contributed by atoms with Gasteiger partial charge in [0.05, 0.1) is 0 Å². The first-order valence-corrected chi connectivity index (χ1v) is 4.20. The molecule has 0 fully saturated rings. The molecule has 0 bridgehead atoms. The molecule has 1 aromatic carbocycles. The third-order valence-electron chi connectivity index (χ3n) is 1.95. The highest BCUT2D eigenvalue weighted by Gasteiger charge is 2.08. The number of halogens is 1. The lowest BCUT2D eigenvalue weighted by Crippen LogP contribution is -1.98. The minimum atomic E-state index is -0.966. The van der Waals surface area contributed by atoms with Crippen LogP contribution in [-0.2, 0) is 11.2 Å². The number of carboxylic acids is 1. The van der Waals surface area contributed by atoms with Gasteiger partial charge in [-0.1, -0.05) is 0 Å². The molecule has 0 unspecified atom stereocenters. The first-order chi connectivity index (χ1) is 6.50. The molecule has 3 nitrogen and oxygen atoms in total. The summed E-state index contributed by atoms with van der Waals surface area (Å²) in [5, 5.41) is 17.9. The van der Waals surface area contributed by atoms with Crippen molar-refractivity contribution in [1.82, 2.24) is 0 Å². The van der Waals surface area contributed by atoms with Crippen molar-refractivity contribution in [3.63, 3.8) is 0 Å². The van der Waals surface area contributed by atoms with E-state index in [2.05, 4.69) is 0 Å². The number of phenolic OH excluding ortho intramolecular Hbond substituents is 1. The third-order valence-corrected chi connectivity index (χ3v) is 1.95. The Morgan fingerprint density at radius 1 is 1.50 bits per heavy atom. The molecule has 0 amide bonds. The molecule has 1 aromatic rings. The highest BCUT2D eigenvalue weighted by Crippen LogP contribution is 2.24. The van der Waals surface area contributed by atoms with Gasteiger partial charge >= 0.3 is 5.97 Å². The van der Waals surface area contributed by atoms with Crippen molar-refractivity contribution in [3.05, 3.63) is 29.1 Å². The van der Waals surface area contributed by atoms with Crippen molar-refractivity contribution in [2.45, 2.75) is 19.8 Å². The monoisotopic (exact) mass is 198 g/mol. The molecule has 0 saturated heterocycles. The Balaban J connectivity index is 2.90. The lowest BCUT2D eigenvalue weighted by molar-refractivity contribution is -0.136. The van der Waals surface area contributed by atoms with Crippen molar-refractivity contribution in [2.75, 3.05) is 0 Å².